The number of benzene rings is 3. The van der Waals surface area contributed by atoms with Crippen molar-refractivity contribution >= 4 is 22.9 Å². The molecular weight excluding hydrogens is 400 g/mol. The standard InChI is InChI=1S/C27H30N2O3/c1-4-25(19-9-15-23(30)16-10-19)26(21-11-17-24(31)18-12-21)20-7-13-22(14-8-20)28-27(32)29(5-2)6-3/h7-18,30-31H,4-6H2,1-3H3,(H,28,32)/b26-25-. The van der Waals surface area contributed by atoms with Gasteiger partial charge in [-0.05, 0) is 84.5 Å². The molecule has 0 unspecified atom stereocenters. The summed E-state index contributed by atoms with van der Waals surface area (Å²) in [4.78, 5) is 14.1. The zero-order chi connectivity index (χ0) is 23.1. The molecule has 0 aliphatic heterocycles. The highest BCUT2D eigenvalue weighted by Crippen LogP contribution is 2.35. The van der Waals surface area contributed by atoms with E-state index in [0.717, 1.165) is 39.9 Å². The third-order valence-electron chi connectivity index (χ3n) is 5.50. The Morgan fingerprint density at radius 2 is 1.16 bits per heavy atom. The van der Waals surface area contributed by atoms with Gasteiger partial charge < -0.3 is 20.4 Å². The fourth-order valence-corrected chi connectivity index (χ4v) is 3.76. The van der Waals surface area contributed by atoms with E-state index < -0.39 is 0 Å². The maximum absolute atomic E-state index is 12.4. The Kier molecular flexibility index (Phi) is 7.55. The quantitative estimate of drug-likeness (QED) is 0.383. The molecule has 0 fully saturated rings. The predicted octanol–water partition coefficient (Wildman–Crippen LogP) is 6.34. The Balaban J connectivity index is 2.05. The summed E-state index contributed by atoms with van der Waals surface area (Å²) in [6.07, 6.45) is 0.779. The number of phenols is 2. The number of anilines is 1. The number of nitrogens with zero attached hydrogens (tertiary/aromatic N) is 1. The molecule has 32 heavy (non-hydrogen) atoms. The van der Waals surface area contributed by atoms with E-state index >= 15 is 0 Å². The van der Waals surface area contributed by atoms with E-state index in [4.69, 9.17) is 0 Å². The zero-order valence-electron chi connectivity index (χ0n) is 18.8. The second-order valence-corrected chi connectivity index (χ2v) is 7.48. The predicted molar refractivity (Wildman–Crippen MR) is 131 cm³/mol. The van der Waals surface area contributed by atoms with Crippen LogP contribution < -0.4 is 5.32 Å². The molecule has 3 aromatic carbocycles. The minimum absolute atomic E-state index is 0.115. The van der Waals surface area contributed by atoms with Crippen LogP contribution in [0.25, 0.3) is 11.1 Å². The normalized spacial score (nSPS) is 11.6. The number of amides is 2. The Morgan fingerprint density at radius 1 is 0.719 bits per heavy atom. The van der Waals surface area contributed by atoms with Crippen molar-refractivity contribution in [2.75, 3.05) is 18.4 Å². The van der Waals surface area contributed by atoms with Crippen molar-refractivity contribution in [3.05, 3.63) is 89.5 Å². The highest BCUT2D eigenvalue weighted by atomic mass is 16.3. The molecule has 0 saturated heterocycles. The van der Waals surface area contributed by atoms with E-state index in [1.807, 2.05) is 62.4 Å². The number of phenolic OH excluding ortho intramolecular Hbond substituents is 2. The maximum Gasteiger partial charge on any atom is 0.321 e. The average Bonchev–Trinajstić information content (AvgIpc) is 2.80. The molecule has 3 rings (SSSR count). The first kappa shape index (κ1) is 22.9. The van der Waals surface area contributed by atoms with Crippen LogP contribution in [0.15, 0.2) is 72.8 Å². The molecule has 0 radical (unpaired) electrons. The van der Waals surface area contributed by atoms with Crippen LogP contribution in [0.1, 0.15) is 43.9 Å². The summed E-state index contributed by atoms with van der Waals surface area (Å²) in [5.74, 6) is 0.439. The lowest BCUT2D eigenvalue weighted by molar-refractivity contribution is 0.217. The van der Waals surface area contributed by atoms with Crippen molar-refractivity contribution in [1.82, 2.24) is 4.90 Å². The number of carbonyl (C=O) groups excluding carboxylic acids is 1. The van der Waals surface area contributed by atoms with Crippen LogP contribution in [0.2, 0.25) is 0 Å². The van der Waals surface area contributed by atoms with Crippen LogP contribution in [0.5, 0.6) is 11.5 Å². The molecule has 0 spiro atoms. The van der Waals surface area contributed by atoms with Crippen molar-refractivity contribution in [3.63, 3.8) is 0 Å². The molecule has 0 bridgehead atoms. The second-order valence-electron chi connectivity index (χ2n) is 7.48. The van der Waals surface area contributed by atoms with Crippen LogP contribution in [0.3, 0.4) is 0 Å². The van der Waals surface area contributed by atoms with Crippen LogP contribution >= 0.6 is 0 Å². The first-order valence-corrected chi connectivity index (χ1v) is 10.9. The molecule has 5 nitrogen and oxygen atoms in total. The Labute approximate surface area is 189 Å². The molecular formula is C27H30N2O3. The second kappa shape index (κ2) is 10.5. The highest BCUT2D eigenvalue weighted by Gasteiger charge is 2.14. The van der Waals surface area contributed by atoms with Crippen LogP contribution in [-0.2, 0) is 0 Å². The number of allylic oxidation sites excluding steroid dienone is 1. The topological polar surface area (TPSA) is 72.8 Å². The van der Waals surface area contributed by atoms with E-state index in [0.29, 0.717) is 13.1 Å². The molecule has 2 amide bonds. The van der Waals surface area contributed by atoms with Crippen molar-refractivity contribution in [2.45, 2.75) is 27.2 Å². The first-order valence-electron chi connectivity index (χ1n) is 10.9. The lowest BCUT2D eigenvalue weighted by Gasteiger charge is -2.20. The van der Waals surface area contributed by atoms with E-state index in [-0.39, 0.29) is 17.5 Å². The number of rotatable bonds is 7. The third-order valence-corrected chi connectivity index (χ3v) is 5.50. The summed E-state index contributed by atoms with van der Waals surface area (Å²) in [6, 6.07) is 22.0. The Morgan fingerprint density at radius 3 is 1.59 bits per heavy atom. The molecule has 0 heterocycles. The summed E-state index contributed by atoms with van der Waals surface area (Å²) < 4.78 is 0. The van der Waals surface area contributed by atoms with Crippen molar-refractivity contribution in [1.29, 1.82) is 0 Å². The molecule has 0 atom stereocenters. The average molecular weight is 431 g/mol. The van der Waals surface area contributed by atoms with Gasteiger partial charge in [-0.2, -0.15) is 0 Å². The lowest BCUT2D eigenvalue weighted by Crippen LogP contribution is -2.34. The van der Waals surface area contributed by atoms with Gasteiger partial charge in [-0.3, -0.25) is 0 Å². The summed E-state index contributed by atoms with van der Waals surface area (Å²) >= 11 is 0. The smallest absolute Gasteiger partial charge is 0.321 e. The minimum Gasteiger partial charge on any atom is -0.508 e. The summed E-state index contributed by atoms with van der Waals surface area (Å²) in [6.45, 7) is 7.32. The van der Waals surface area contributed by atoms with Gasteiger partial charge in [0.25, 0.3) is 0 Å². The summed E-state index contributed by atoms with van der Waals surface area (Å²) in [5.41, 5.74) is 5.90. The van der Waals surface area contributed by atoms with Gasteiger partial charge in [-0.25, -0.2) is 4.79 Å². The number of hydrogen-bond donors (Lipinski definition) is 3. The van der Waals surface area contributed by atoms with Gasteiger partial charge in [0.15, 0.2) is 0 Å². The number of aromatic hydroxyl groups is 2. The van der Waals surface area contributed by atoms with E-state index in [1.54, 1.807) is 29.2 Å². The summed E-state index contributed by atoms with van der Waals surface area (Å²) in [7, 11) is 0. The van der Waals surface area contributed by atoms with Gasteiger partial charge in [0.2, 0.25) is 0 Å². The van der Waals surface area contributed by atoms with Crippen LogP contribution in [-0.4, -0.2) is 34.2 Å². The number of nitrogens with one attached hydrogen (secondary N) is 1. The largest absolute Gasteiger partial charge is 0.508 e. The van der Waals surface area contributed by atoms with Crippen molar-refractivity contribution in [3.8, 4) is 11.5 Å². The lowest BCUT2D eigenvalue weighted by atomic mass is 9.88. The third kappa shape index (κ3) is 5.30. The van der Waals surface area contributed by atoms with Gasteiger partial charge in [0.05, 0.1) is 0 Å². The van der Waals surface area contributed by atoms with Gasteiger partial charge in [0, 0.05) is 18.8 Å². The molecule has 0 saturated carbocycles. The van der Waals surface area contributed by atoms with Gasteiger partial charge in [-0.15, -0.1) is 0 Å². The number of carbonyl (C=O) groups is 1. The van der Waals surface area contributed by atoms with Gasteiger partial charge in [0.1, 0.15) is 11.5 Å². The van der Waals surface area contributed by atoms with E-state index in [9.17, 15) is 15.0 Å². The molecule has 0 aromatic heterocycles. The van der Waals surface area contributed by atoms with Crippen LogP contribution in [0, 0.1) is 0 Å². The number of hydrogen-bond acceptors (Lipinski definition) is 3. The fourth-order valence-electron chi connectivity index (χ4n) is 3.76. The minimum atomic E-state index is -0.115. The van der Waals surface area contributed by atoms with Gasteiger partial charge in [-0.1, -0.05) is 43.3 Å². The highest BCUT2D eigenvalue weighted by molar-refractivity contribution is 5.99. The van der Waals surface area contributed by atoms with E-state index in [1.165, 1.54) is 0 Å². The Bertz CT molecular complexity index is 1070. The molecule has 0 aliphatic carbocycles. The monoisotopic (exact) mass is 430 g/mol. The van der Waals surface area contributed by atoms with Crippen LogP contribution in [0.4, 0.5) is 10.5 Å². The molecule has 166 valence electrons. The van der Waals surface area contributed by atoms with Crippen molar-refractivity contribution in [2.24, 2.45) is 0 Å². The molecule has 5 heteroatoms. The maximum atomic E-state index is 12.4. The Hall–Kier alpha value is -3.73. The van der Waals surface area contributed by atoms with E-state index in [2.05, 4.69) is 12.2 Å². The fraction of sp³-hybridized carbons (Fsp3) is 0.222. The molecule has 3 N–H and O–H groups in total. The molecule has 0 aliphatic rings. The first-order chi connectivity index (χ1) is 15.5. The van der Waals surface area contributed by atoms with Gasteiger partial charge >= 0.3 is 6.03 Å². The van der Waals surface area contributed by atoms with Crippen molar-refractivity contribution < 1.29 is 15.0 Å². The summed E-state index contributed by atoms with van der Waals surface area (Å²) in [5, 5.41) is 22.4. The zero-order valence-corrected chi connectivity index (χ0v) is 18.8. The number of urea groups is 1. The molecule has 3 aromatic rings. The SMILES string of the molecule is CC/C(=C(/c1ccc(O)cc1)c1ccc(NC(=O)N(CC)CC)cc1)c1ccc(O)cc1.